The van der Waals surface area contributed by atoms with Gasteiger partial charge in [0, 0.05) is 78.3 Å². The number of hydrogen-bond acceptors (Lipinski definition) is 22. The highest BCUT2D eigenvalue weighted by Gasteiger charge is 2.45. The van der Waals surface area contributed by atoms with E-state index in [0.29, 0.717) is 72.9 Å². The van der Waals surface area contributed by atoms with Gasteiger partial charge in [0.2, 0.25) is 47.3 Å². The minimum Gasteiger partial charge on any atom is -0.481 e. The van der Waals surface area contributed by atoms with Gasteiger partial charge in [0.15, 0.2) is 23.3 Å². The van der Waals surface area contributed by atoms with Gasteiger partial charge in [-0.2, -0.15) is 0 Å². The molecule has 3 aliphatic heterocycles. The van der Waals surface area contributed by atoms with E-state index in [1.165, 1.54) is 17.4 Å². The monoisotopic (exact) mass is 1510 g/mol. The number of carboxylic acid groups (broad SMARTS) is 2. The minimum atomic E-state index is -1.68. The van der Waals surface area contributed by atoms with E-state index in [1.54, 1.807) is 79.5 Å². The van der Waals surface area contributed by atoms with Gasteiger partial charge >= 0.3 is 11.9 Å². The van der Waals surface area contributed by atoms with Crippen LogP contribution < -0.4 is 65.5 Å². The number of nitrogens with one attached hydrogen (secondary N) is 10. The Morgan fingerprint density at radius 3 is 1.94 bits per heavy atom. The number of Topliss-reactive ketones (excluding diaryl/α,β-unsaturated/α-hetero) is 4. The van der Waals surface area contributed by atoms with Crippen molar-refractivity contribution in [2.45, 2.75) is 182 Å². The van der Waals surface area contributed by atoms with Crippen LogP contribution >= 0.6 is 21.6 Å². The number of imidazole rings is 1. The fraction of sp³-hybridized carbons (Fsp3) is 0.543. The largest absolute Gasteiger partial charge is 0.481 e. The van der Waals surface area contributed by atoms with Crippen molar-refractivity contribution >= 4 is 121 Å². The SMILES string of the molecule is CC(=O)C1C(=O)N[C@H](CCC(=O)O)C(=O)N[C@@H](Cc2cnc[nH]2)C(=O)N[C@@H](Cc2ccccc2)C(=O)N[C@@H](CCCN=C(N)N)C(=O)N[C@H](Cc2c[nH]c3ccccc23)C(=O)NC(C(=O)N2CCC[C@H]2C(=O)CN2CCC[C@H]2C(=O)CN[C@@H](CCCCN)C(=O)CN[C@@H](CC(=O)O)C(N)=O)CSSC1(C)C. The highest BCUT2D eigenvalue weighted by atomic mass is 33.1. The third-order valence-electron chi connectivity index (χ3n) is 18.7. The van der Waals surface area contributed by atoms with Gasteiger partial charge in [-0.15, -0.1) is 0 Å². The zero-order valence-corrected chi connectivity index (χ0v) is 61.2. The summed E-state index contributed by atoms with van der Waals surface area (Å²) in [5.41, 5.74) is 24.6. The van der Waals surface area contributed by atoms with E-state index in [-0.39, 0.29) is 88.6 Å². The number of nitrogens with zero attached hydrogens (tertiary/aromatic N) is 4. The fourth-order valence-electron chi connectivity index (χ4n) is 13.3. The van der Waals surface area contributed by atoms with Crippen molar-refractivity contribution in [2.75, 3.05) is 51.6 Å². The summed E-state index contributed by atoms with van der Waals surface area (Å²) in [4.78, 5) is 215. The number of aliphatic carboxylic acids is 2. The van der Waals surface area contributed by atoms with Crippen LogP contribution in [0.5, 0.6) is 0 Å². The number of primary amides is 1. The second-order valence-electron chi connectivity index (χ2n) is 27.2. The summed E-state index contributed by atoms with van der Waals surface area (Å²) in [6.07, 6.45) is 4.47. The van der Waals surface area contributed by atoms with Gasteiger partial charge in [-0.1, -0.05) is 76.5 Å². The standard InChI is InChI=1S/C70H98N18O16S2/c1-39(89)60-67(103)82-47(22-23-58(93)94)63(99)85-51(30-42-33-75-38-80-42)66(102)83-49(28-40-14-5-4-6-15-40)64(100)81-46(19-11-25-76-69(73)74)62(98)84-50(29-41-32-77-44-17-8-7-16-43(41)44)65(101)86-52(37-105-106-70(60,2)3)68(104)88-27-13-21-54(88)57(92)36-87-26-12-20-53(87)56(91)35-78-45(18-9-10-24-71)55(90)34-79-48(61(72)97)31-59(95)96/h4-8,14-17,32-33,38,45-54,60,77-79H,9-13,18-31,34-37,71H2,1-3H3,(H2,72,97)(H,75,80)(H,81,100)(H,82,103)(H,83,102)(H,84,98)(H,85,99)(H,86,101)(H,93,94)(H,95,96)(H4,73,74,76)/t45-,46-,47+,48-,49-,50+,51-,52?,53-,54-,60?/m0/s1. The van der Waals surface area contributed by atoms with Crippen LogP contribution in [0.1, 0.15) is 115 Å². The molecule has 8 amide bonds. The van der Waals surface area contributed by atoms with Crippen LogP contribution in [0.15, 0.2) is 78.3 Å². The number of rotatable bonds is 33. The van der Waals surface area contributed by atoms with Gasteiger partial charge in [0.1, 0.15) is 48.0 Å². The number of amides is 8. The van der Waals surface area contributed by atoms with E-state index in [2.05, 4.69) is 62.5 Å². The van der Waals surface area contributed by atoms with E-state index in [1.807, 2.05) is 0 Å². The maximum atomic E-state index is 15.6. The number of fused-ring (bicyclic) bond motifs is 1. The molecular formula is C70H98N18O16S2. The number of nitrogens with two attached hydrogens (primary N) is 4. The summed E-state index contributed by atoms with van der Waals surface area (Å²) in [6.45, 7) is 3.93. The van der Waals surface area contributed by atoms with Crippen molar-refractivity contribution < 1.29 is 77.3 Å². The molecule has 0 radical (unpaired) electrons. The molecule has 5 heterocycles. The van der Waals surface area contributed by atoms with Gasteiger partial charge in [-0.3, -0.25) is 82.3 Å². The smallest absolute Gasteiger partial charge is 0.305 e. The number of aromatic nitrogens is 3. The number of para-hydroxylation sites is 1. The molecule has 36 heteroatoms. The Kier molecular flexibility index (Phi) is 32.2. The first kappa shape index (κ1) is 83.7. The first-order chi connectivity index (χ1) is 50.5. The zero-order chi connectivity index (χ0) is 77.2. The van der Waals surface area contributed by atoms with Crippen molar-refractivity contribution in [1.29, 1.82) is 0 Å². The van der Waals surface area contributed by atoms with Crippen molar-refractivity contribution in [1.82, 2.24) is 67.3 Å². The number of ketones is 4. The van der Waals surface area contributed by atoms with Gasteiger partial charge in [0.25, 0.3) is 0 Å². The lowest BCUT2D eigenvalue weighted by Crippen LogP contribution is -2.61. The summed E-state index contributed by atoms with van der Waals surface area (Å²) < 4.78 is -1.43. The predicted octanol–water partition coefficient (Wildman–Crippen LogP) is -1.71. The number of guanidine groups is 1. The molecule has 3 aliphatic rings. The van der Waals surface area contributed by atoms with Crippen LogP contribution in [0.2, 0.25) is 0 Å². The predicted molar refractivity (Wildman–Crippen MR) is 393 cm³/mol. The number of carboxylic acids is 2. The summed E-state index contributed by atoms with van der Waals surface area (Å²) in [5.74, 6) is -14.0. The topological polar surface area (TPSA) is 543 Å². The molecule has 3 fully saturated rings. The Bertz CT molecular complexity index is 3800. The number of aliphatic imine (C=N–C) groups is 1. The molecule has 0 saturated carbocycles. The minimum absolute atomic E-state index is 0.0199. The average molecular weight is 1510 g/mol. The van der Waals surface area contributed by atoms with E-state index in [9.17, 15) is 58.2 Å². The van der Waals surface area contributed by atoms with Crippen LogP contribution in [0.3, 0.4) is 0 Å². The first-order valence-corrected chi connectivity index (χ1v) is 37.6. The van der Waals surface area contributed by atoms with Gasteiger partial charge in [-0.05, 0) is 109 Å². The molecular weight excluding hydrogens is 1410 g/mol. The Labute approximate surface area is 620 Å². The van der Waals surface area contributed by atoms with E-state index < -0.39 is 173 Å². The first-order valence-electron chi connectivity index (χ1n) is 35.3. The summed E-state index contributed by atoms with van der Waals surface area (Å²) >= 11 is 0. The van der Waals surface area contributed by atoms with Crippen LogP contribution in [-0.2, 0) is 86.4 Å². The lowest BCUT2D eigenvalue weighted by molar-refractivity contribution is -0.141. The Morgan fingerprint density at radius 2 is 1.29 bits per heavy atom. The number of carbonyl (C=O) groups is 14. The second-order valence-corrected chi connectivity index (χ2v) is 30.2. The molecule has 0 bridgehead atoms. The van der Waals surface area contributed by atoms with Crippen LogP contribution in [0.4, 0.5) is 0 Å². The van der Waals surface area contributed by atoms with Gasteiger partial charge in [-0.25, -0.2) is 4.98 Å². The highest BCUT2D eigenvalue weighted by Crippen LogP contribution is 2.42. The maximum Gasteiger partial charge on any atom is 0.305 e. The molecule has 20 N–H and O–H groups in total. The maximum absolute atomic E-state index is 15.6. The number of H-pyrrole nitrogens is 2. The fourth-order valence-corrected chi connectivity index (χ4v) is 16.2. The average Bonchev–Trinajstić information content (AvgIpc) is 1.47. The van der Waals surface area contributed by atoms with Crippen LogP contribution in [0, 0.1) is 5.92 Å². The summed E-state index contributed by atoms with van der Waals surface area (Å²) in [6, 6.07) is 2.29. The molecule has 11 atom stereocenters. The molecule has 106 heavy (non-hydrogen) atoms. The number of aromatic amines is 2. The van der Waals surface area contributed by atoms with Crippen LogP contribution in [0.25, 0.3) is 10.9 Å². The molecule has 2 aromatic carbocycles. The lowest BCUT2D eigenvalue weighted by atomic mass is 9.90. The highest BCUT2D eigenvalue weighted by molar-refractivity contribution is 8.77. The lowest BCUT2D eigenvalue weighted by Gasteiger charge is -2.33. The molecule has 34 nitrogen and oxygen atoms in total. The number of unbranched alkanes of at least 4 members (excludes halogenated alkanes) is 1. The molecule has 2 aromatic heterocycles. The Balaban J connectivity index is 1.24. The third-order valence-corrected chi connectivity index (χ3v) is 22.0. The van der Waals surface area contributed by atoms with Gasteiger partial charge < -0.3 is 85.2 Å². The number of hydrogen-bond donors (Lipinski definition) is 16. The number of benzene rings is 2. The quantitative estimate of drug-likeness (QED) is 0.00830. The number of likely N-dealkylation sites (tertiary alicyclic amines) is 2. The van der Waals surface area contributed by atoms with E-state index >= 15 is 19.2 Å². The summed E-state index contributed by atoms with van der Waals surface area (Å²) in [5, 5.41) is 41.9. The zero-order valence-electron chi connectivity index (χ0n) is 59.6. The van der Waals surface area contributed by atoms with Crippen molar-refractivity contribution in [3.05, 3.63) is 90.1 Å². The molecule has 3 saturated heterocycles. The Hall–Kier alpha value is -9.62. The van der Waals surface area contributed by atoms with E-state index in [4.69, 9.17) is 22.9 Å². The van der Waals surface area contributed by atoms with Crippen molar-refractivity contribution in [3.63, 3.8) is 0 Å². The number of carbonyl (C=O) groups excluding carboxylic acids is 12. The van der Waals surface area contributed by atoms with Crippen molar-refractivity contribution in [2.24, 2.45) is 33.8 Å². The van der Waals surface area contributed by atoms with Gasteiger partial charge in [0.05, 0.1) is 56.5 Å². The van der Waals surface area contributed by atoms with E-state index in [0.717, 1.165) is 28.5 Å². The molecule has 4 aromatic rings. The molecule has 2 unspecified atom stereocenters. The molecule has 0 aliphatic carbocycles. The normalized spacial score (nSPS) is 23.0. The van der Waals surface area contributed by atoms with Crippen molar-refractivity contribution in [3.8, 4) is 0 Å². The summed E-state index contributed by atoms with van der Waals surface area (Å²) in [7, 11) is 1.95. The third kappa shape index (κ3) is 25.0. The molecule has 7 rings (SSSR count). The molecule has 576 valence electrons. The Morgan fingerprint density at radius 1 is 0.679 bits per heavy atom. The molecule has 0 spiro atoms. The second kappa shape index (κ2) is 40.8. The van der Waals surface area contributed by atoms with Crippen LogP contribution in [-0.4, -0.2) is 240 Å².